The average Bonchev–Trinajstić information content (AvgIpc) is 3.11. The summed E-state index contributed by atoms with van der Waals surface area (Å²) in [5.74, 6) is 0. The van der Waals surface area contributed by atoms with Crippen LogP contribution in [-0.2, 0) is 10.3 Å². The van der Waals surface area contributed by atoms with E-state index < -0.39 is 18.5 Å². The first-order valence-electron chi connectivity index (χ1n) is 14.3. The topological polar surface area (TPSA) is 24.4 Å². The Morgan fingerprint density at radius 3 is 0.930 bits per heavy atom. The molecule has 1 N–H and O–H groups in total. The molecule has 0 aliphatic carbocycles. The van der Waals surface area contributed by atoms with Crippen molar-refractivity contribution in [3.63, 3.8) is 0 Å². The van der Waals surface area contributed by atoms with Gasteiger partial charge in [0.2, 0.25) is 0 Å². The van der Waals surface area contributed by atoms with Crippen molar-refractivity contribution in [3.05, 3.63) is 215 Å². The minimum Gasteiger partial charge on any atom is -0.260 e. The number of nitrogens with one attached hydrogen (secondary N) is 1. The normalized spacial score (nSPS) is 12.7. The lowest BCUT2D eigenvalue weighted by atomic mass is 9.84. The number of hydrogen-bond donors (Lipinski definition) is 1. The molecule has 6 rings (SSSR count). The highest BCUT2D eigenvalue weighted by Crippen LogP contribution is 2.65. The SMILES string of the molecule is PNP(N=PC(c1ccccc1)(c1ccccc1)c1ccccc1)C(c1ccccc1)(c1ccccc1)c1ccccc1. The lowest BCUT2D eigenvalue weighted by Gasteiger charge is -2.40. The van der Waals surface area contributed by atoms with E-state index in [0.29, 0.717) is 0 Å². The zero-order valence-electron chi connectivity index (χ0n) is 23.7. The molecule has 2 unspecified atom stereocenters. The van der Waals surface area contributed by atoms with E-state index >= 15 is 0 Å². The Labute approximate surface area is 260 Å². The first-order valence-corrected chi connectivity index (χ1v) is 17.0. The summed E-state index contributed by atoms with van der Waals surface area (Å²) >= 11 is 0. The smallest absolute Gasteiger partial charge is 0.115 e. The monoisotopic (exact) mass is 610 g/mol. The maximum atomic E-state index is 5.75. The van der Waals surface area contributed by atoms with Crippen LogP contribution in [-0.4, -0.2) is 0 Å². The number of nitrogens with zero attached hydrogens (tertiary/aromatic N) is 1. The van der Waals surface area contributed by atoms with Crippen LogP contribution in [0.1, 0.15) is 33.4 Å². The highest BCUT2D eigenvalue weighted by molar-refractivity contribution is 7.64. The molecule has 0 aliphatic heterocycles. The molecule has 210 valence electrons. The molecule has 2 atom stereocenters. The fourth-order valence-electron chi connectivity index (χ4n) is 5.92. The molecule has 6 aromatic carbocycles. The third kappa shape index (κ3) is 5.65. The van der Waals surface area contributed by atoms with Crippen LogP contribution in [0.2, 0.25) is 0 Å². The molecule has 2 nitrogen and oxygen atoms in total. The average molecular weight is 611 g/mol. The molecule has 0 bridgehead atoms. The summed E-state index contributed by atoms with van der Waals surface area (Å²) in [7, 11) is 2.50. The highest BCUT2D eigenvalue weighted by atomic mass is 31.2. The van der Waals surface area contributed by atoms with Crippen LogP contribution in [0.15, 0.2) is 187 Å². The van der Waals surface area contributed by atoms with Gasteiger partial charge >= 0.3 is 0 Å². The van der Waals surface area contributed by atoms with E-state index in [4.69, 9.17) is 4.52 Å². The summed E-state index contributed by atoms with van der Waals surface area (Å²) in [6, 6.07) is 64.9. The number of hydrogen-bond acceptors (Lipinski definition) is 2. The number of rotatable bonds is 10. The van der Waals surface area contributed by atoms with Crippen molar-refractivity contribution >= 4 is 26.0 Å². The summed E-state index contributed by atoms with van der Waals surface area (Å²) < 4.78 is 5.75. The minimum absolute atomic E-state index is 0.512. The lowest BCUT2D eigenvalue weighted by molar-refractivity contribution is 0.866. The van der Waals surface area contributed by atoms with E-state index in [1.807, 2.05) is 0 Å². The second-order valence-electron chi connectivity index (χ2n) is 10.2. The molecule has 0 aliphatic rings. The van der Waals surface area contributed by atoms with Gasteiger partial charge in [0.05, 0.1) is 5.16 Å². The Kier molecular flexibility index (Phi) is 9.33. The van der Waals surface area contributed by atoms with Gasteiger partial charge in [-0.25, -0.2) is 4.52 Å². The summed E-state index contributed by atoms with van der Waals surface area (Å²) in [6.45, 7) is 0. The van der Waals surface area contributed by atoms with Gasteiger partial charge in [0.1, 0.15) is 13.4 Å². The Balaban J connectivity index is 1.66. The second-order valence-corrected chi connectivity index (χ2v) is 14.2. The van der Waals surface area contributed by atoms with Crippen molar-refractivity contribution in [2.75, 3.05) is 0 Å². The van der Waals surface area contributed by atoms with E-state index in [-0.39, 0.29) is 0 Å². The third-order valence-corrected chi connectivity index (χ3v) is 12.4. The first kappa shape index (κ1) is 29.3. The summed E-state index contributed by atoms with van der Waals surface area (Å²) in [5.41, 5.74) is 7.25. The summed E-state index contributed by atoms with van der Waals surface area (Å²) in [5, 5.41) is -1.05. The highest BCUT2D eigenvalue weighted by Gasteiger charge is 2.45. The van der Waals surface area contributed by atoms with Gasteiger partial charge in [-0.1, -0.05) is 191 Å². The zero-order chi connectivity index (χ0) is 29.4. The van der Waals surface area contributed by atoms with Crippen molar-refractivity contribution in [3.8, 4) is 0 Å². The van der Waals surface area contributed by atoms with Crippen LogP contribution in [0.3, 0.4) is 0 Å². The molecule has 6 aromatic rings. The van der Waals surface area contributed by atoms with Crippen molar-refractivity contribution < 1.29 is 0 Å². The molecule has 43 heavy (non-hydrogen) atoms. The van der Waals surface area contributed by atoms with Gasteiger partial charge in [-0.05, 0) is 33.4 Å². The van der Waals surface area contributed by atoms with E-state index in [1.165, 1.54) is 33.4 Å². The van der Waals surface area contributed by atoms with E-state index in [0.717, 1.165) is 8.37 Å². The molecule has 0 fully saturated rings. The predicted molar refractivity (Wildman–Crippen MR) is 188 cm³/mol. The van der Waals surface area contributed by atoms with Crippen molar-refractivity contribution in [2.45, 2.75) is 10.3 Å². The summed E-state index contributed by atoms with van der Waals surface area (Å²) in [6.07, 6.45) is 0. The standard InChI is InChI=1S/C38H33N2P3/c41-39-43(38(34-25-13-4-14-26-34,35-27-15-5-16-28-35)36-29-17-6-18-30-36)40-42-37(31-19-7-1-8-20-31,32-21-9-2-10-22-32)33-23-11-3-12-24-33/h1-30,39H,41H2. The van der Waals surface area contributed by atoms with Gasteiger partial charge < -0.3 is 0 Å². The van der Waals surface area contributed by atoms with Gasteiger partial charge in [-0.2, -0.15) is 0 Å². The molecular weight excluding hydrogens is 577 g/mol. The Morgan fingerprint density at radius 1 is 0.419 bits per heavy atom. The van der Waals surface area contributed by atoms with Crippen LogP contribution in [0.4, 0.5) is 0 Å². The Hall–Kier alpha value is -3.76. The molecule has 5 heteroatoms. The Morgan fingerprint density at radius 2 is 0.674 bits per heavy atom. The Bertz CT molecular complexity index is 1540. The fraction of sp³-hybridized carbons (Fsp3) is 0.0526. The summed E-state index contributed by atoms with van der Waals surface area (Å²) in [4.78, 5) is 3.67. The van der Waals surface area contributed by atoms with E-state index in [2.05, 4.69) is 196 Å². The van der Waals surface area contributed by atoms with Crippen LogP contribution in [0.5, 0.6) is 0 Å². The second kappa shape index (κ2) is 13.7. The molecular formula is C38H33N2P3. The minimum atomic E-state index is -1.24. The van der Waals surface area contributed by atoms with Gasteiger partial charge in [0.25, 0.3) is 0 Å². The van der Waals surface area contributed by atoms with Crippen molar-refractivity contribution in [2.24, 2.45) is 4.52 Å². The maximum absolute atomic E-state index is 5.75. The molecule has 0 spiro atoms. The number of benzene rings is 6. The van der Waals surface area contributed by atoms with Gasteiger partial charge in [-0.15, -0.1) is 0 Å². The lowest BCUT2D eigenvalue weighted by Crippen LogP contribution is -2.29. The maximum Gasteiger partial charge on any atom is 0.115 e. The van der Waals surface area contributed by atoms with Gasteiger partial charge in [0.15, 0.2) is 0 Å². The molecule has 0 amide bonds. The van der Waals surface area contributed by atoms with Crippen LogP contribution < -0.4 is 4.86 Å². The zero-order valence-corrected chi connectivity index (χ0v) is 26.7. The van der Waals surface area contributed by atoms with E-state index in [1.54, 1.807) is 0 Å². The third-order valence-electron chi connectivity index (χ3n) is 7.87. The predicted octanol–water partition coefficient (Wildman–Crippen LogP) is 10.8. The molecule has 0 aromatic heterocycles. The molecule has 0 saturated carbocycles. The van der Waals surface area contributed by atoms with Crippen molar-refractivity contribution in [1.82, 2.24) is 4.86 Å². The van der Waals surface area contributed by atoms with Gasteiger partial charge in [0, 0.05) is 8.37 Å². The molecule has 0 heterocycles. The fourth-order valence-corrected chi connectivity index (χ4v) is 10.8. The van der Waals surface area contributed by atoms with Crippen LogP contribution in [0.25, 0.3) is 0 Å². The van der Waals surface area contributed by atoms with Crippen LogP contribution >= 0.6 is 26.0 Å². The van der Waals surface area contributed by atoms with Crippen LogP contribution in [0, 0.1) is 0 Å². The van der Waals surface area contributed by atoms with Gasteiger partial charge in [-0.3, -0.25) is 4.86 Å². The molecule has 0 saturated heterocycles. The first-order chi connectivity index (χ1) is 21.3. The van der Waals surface area contributed by atoms with Crippen molar-refractivity contribution in [1.29, 1.82) is 0 Å². The molecule has 0 radical (unpaired) electrons. The van der Waals surface area contributed by atoms with E-state index in [9.17, 15) is 0 Å². The quantitative estimate of drug-likeness (QED) is 0.121. The largest absolute Gasteiger partial charge is 0.260 e.